The molecule has 0 aliphatic carbocycles. The average Bonchev–Trinajstić information content (AvgIpc) is 2.16. The standard InChI is InChI=1S/C8H5ClFNO4/c9-3-6(12)7-4(10)1-2-5(8(7)13)11(14)15/h1-2,13H,3H2. The zero-order valence-corrected chi connectivity index (χ0v) is 7.99. The van der Waals surface area contributed by atoms with Gasteiger partial charge in [0, 0.05) is 6.07 Å². The molecule has 0 atom stereocenters. The second-order valence-corrected chi connectivity index (χ2v) is 2.87. The van der Waals surface area contributed by atoms with Crippen molar-refractivity contribution in [1.82, 2.24) is 0 Å². The number of alkyl halides is 1. The number of nitro benzene ring substituents is 1. The average molecular weight is 234 g/mol. The predicted molar refractivity (Wildman–Crippen MR) is 49.8 cm³/mol. The summed E-state index contributed by atoms with van der Waals surface area (Å²) in [5, 5.41) is 19.7. The van der Waals surface area contributed by atoms with Crippen LogP contribution in [-0.2, 0) is 0 Å². The maximum absolute atomic E-state index is 13.1. The van der Waals surface area contributed by atoms with Gasteiger partial charge < -0.3 is 5.11 Å². The van der Waals surface area contributed by atoms with Crippen molar-refractivity contribution in [1.29, 1.82) is 0 Å². The van der Waals surface area contributed by atoms with Crippen molar-refractivity contribution in [2.45, 2.75) is 0 Å². The molecule has 1 aromatic rings. The molecule has 15 heavy (non-hydrogen) atoms. The van der Waals surface area contributed by atoms with Gasteiger partial charge in [-0.3, -0.25) is 14.9 Å². The van der Waals surface area contributed by atoms with Gasteiger partial charge in [-0.1, -0.05) is 0 Å². The molecule has 0 unspecified atom stereocenters. The van der Waals surface area contributed by atoms with E-state index in [1.807, 2.05) is 0 Å². The van der Waals surface area contributed by atoms with Crippen molar-refractivity contribution in [3.05, 3.63) is 33.6 Å². The first-order valence-electron chi connectivity index (χ1n) is 3.74. The number of aromatic hydroxyl groups is 1. The quantitative estimate of drug-likeness (QED) is 0.374. The molecule has 0 fully saturated rings. The van der Waals surface area contributed by atoms with Gasteiger partial charge in [0.25, 0.3) is 0 Å². The number of hydrogen-bond donors (Lipinski definition) is 1. The molecule has 7 heteroatoms. The van der Waals surface area contributed by atoms with E-state index < -0.39 is 39.4 Å². The van der Waals surface area contributed by atoms with E-state index in [2.05, 4.69) is 0 Å². The molecule has 0 heterocycles. The minimum atomic E-state index is -1.04. The number of Topliss-reactive ketones (excluding diaryl/α,β-unsaturated/α-hetero) is 1. The highest BCUT2D eigenvalue weighted by Gasteiger charge is 2.24. The van der Waals surface area contributed by atoms with Gasteiger partial charge in [0.1, 0.15) is 11.4 Å². The maximum Gasteiger partial charge on any atom is 0.311 e. The van der Waals surface area contributed by atoms with Crippen LogP contribution in [0.3, 0.4) is 0 Å². The summed E-state index contributed by atoms with van der Waals surface area (Å²) in [6.07, 6.45) is 0. The van der Waals surface area contributed by atoms with Gasteiger partial charge in [0.05, 0.1) is 10.8 Å². The smallest absolute Gasteiger partial charge is 0.311 e. The minimum Gasteiger partial charge on any atom is -0.502 e. The second-order valence-electron chi connectivity index (χ2n) is 2.60. The van der Waals surface area contributed by atoms with Crippen molar-refractivity contribution >= 4 is 23.1 Å². The summed E-state index contributed by atoms with van der Waals surface area (Å²) in [4.78, 5) is 20.5. The Bertz CT molecular complexity index is 435. The predicted octanol–water partition coefficient (Wildman–Crippen LogP) is 1.86. The number of benzene rings is 1. The van der Waals surface area contributed by atoms with Crippen molar-refractivity contribution in [2.75, 3.05) is 5.88 Å². The van der Waals surface area contributed by atoms with E-state index in [1.54, 1.807) is 0 Å². The van der Waals surface area contributed by atoms with E-state index >= 15 is 0 Å². The van der Waals surface area contributed by atoms with Crippen molar-refractivity contribution in [3.8, 4) is 5.75 Å². The number of nitrogens with zero attached hydrogens (tertiary/aromatic N) is 1. The van der Waals surface area contributed by atoms with Crippen LogP contribution >= 0.6 is 11.6 Å². The van der Waals surface area contributed by atoms with Gasteiger partial charge in [-0.25, -0.2) is 4.39 Å². The molecule has 1 N–H and O–H groups in total. The zero-order chi connectivity index (χ0) is 11.6. The van der Waals surface area contributed by atoms with Crippen LogP contribution in [0.25, 0.3) is 0 Å². The first-order valence-corrected chi connectivity index (χ1v) is 4.27. The summed E-state index contributed by atoms with van der Waals surface area (Å²) in [7, 11) is 0. The van der Waals surface area contributed by atoms with Gasteiger partial charge in [-0.2, -0.15) is 0 Å². The largest absolute Gasteiger partial charge is 0.502 e. The van der Waals surface area contributed by atoms with Crippen molar-refractivity contribution < 1.29 is 19.2 Å². The molecule has 0 aliphatic heterocycles. The monoisotopic (exact) mass is 233 g/mol. The molecule has 0 radical (unpaired) electrons. The summed E-state index contributed by atoms with van der Waals surface area (Å²) in [6.45, 7) is 0. The van der Waals surface area contributed by atoms with Crippen LogP contribution in [0, 0.1) is 15.9 Å². The molecule has 1 aromatic carbocycles. The fraction of sp³-hybridized carbons (Fsp3) is 0.125. The molecule has 1 rings (SSSR count). The lowest BCUT2D eigenvalue weighted by Crippen LogP contribution is -2.05. The molecule has 0 aromatic heterocycles. The molecular formula is C8H5ClFNO4. The van der Waals surface area contributed by atoms with Gasteiger partial charge in [-0.15, -0.1) is 11.6 Å². The fourth-order valence-corrected chi connectivity index (χ4v) is 1.17. The van der Waals surface area contributed by atoms with E-state index in [4.69, 9.17) is 11.6 Å². The molecule has 0 aliphatic rings. The number of carbonyl (C=O) groups excluding carboxylic acids is 1. The van der Waals surface area contributed by atoms with Crippen LogP contribution in [0.15, 0.2) is 12.1 Å². The third kappa shape index (κ3) is 2.04. The Hall–Kier alpha value is -1.69. The van der Waals surface area contributed by atoms with Gasteiger partial charge >= 0.3 is 5.69 Å². The Morgan fingerprint density at radius 3 is 2.67 bits per heavy atom. The van der Waals surface area contributed by atoms with Gasteiger partial charge in [0.15, 0.2) is 5.78 Å². The zero-order valence-electron chi connectivity index (χ0n) is 7.24. The van der Waals surface area contributed by atoms with E-state index in [1.165, 1.54) is 0 Å². The summed E-state index contributed by atoms with van der Waals surface area (Å²) < 4.78 is 13.1. The highest BCUT2D eigenvalue weighted by Crippen LogP contribution is 2.31. The van der Waals surface area contributed by atoms with Crippen LogP contribution in [0.1, 0.15) is 10.4 Å². The first-order chi connectivity index (χ1) is 6.99. The van der Waals surface area contributed by atoms with Crippen LogP contribution in [-0.4, -0.2) is 21.7 Å². The van der Waals surface area contributed by atoms with Crippen molar-refractivity contribution in [3.63, 3.8) is 0 Å². The summed E-state index contributed by atoms with van der Waals surface area (Å²) in [5.74, 6) is -3.50. The highest BCUT2D eigenvalue weighted by molar-refractivity contribution is 6.31. The lowest BCUT2D eigenvalue weighted by Gasteiger charge is -2.03. The van der Waals surface area contributed by atoms with Crippen LogP contribution in [0.5, 0.6) is 5.75 Å². The number of carbonyl (C=O) groups is 1. The Kier molecular flexibility index (Phi) is 3.21. The lowest BCUT2D eigenvalue weighted by molar-refractivity contribution is -0.385. The molecule has 5 nitrogen and oxygen atoms in total. The highest BCUT2D eigenvalue weighted by atomic mass is 35.5. The van der Waals surface area contributed by atoms with Crippen molar-refractivity contribution in [2.24, 2.45) is 0 Å². The summed E-state index contributed by atoms with van der Waals surface area (Å²) in [6, 6.07) is 1.51. The Labute approximate surface area is 88.2 Å². The fourth-order valence-electron chi connectivity index (χ4n) is 1.03. The summed E-state index contributed by atoms with van der Waals surface area (Å²) >= 11 is 5.17. The number of ketones is 1. The number of hydrogen-bond acceptors (Lipinski definition) is 4. The molecular weight excluding hydrogens is 229 g/mol. The van der Waals surface area contributed by atoms with Gasteiger partial charge in [-0.05, 0) is 6.07 Å². The molecule has 0 spiro atoms. The normalized spacial score (nSPS) is 10.0. The van der Waals surface area contributed by atoms with Gasteiger partial charge in [0.2, 0.25) is 5.75 Å². The van der Waals surface area contributed by atoms with Crippen LogP contribution < -0.4 is 0 Å². The molecule has 0 bridgehead atoms. The molecule has 80 valence electrons. The van der Waals surface area contributed by atoms with E-state index in [-0.39, 0.29) is 0 Å². The third-order valence-corrected chi connectivity index (χ3v) is 1.95. The van der Waals surface area contributed by atoms with E-state index in [0.717, 1.165) is 12.1 Å². The molecule has 0 saturated heterocycles. The number of nitro groups is 1. The second kappa shape index (κ2) is 4.22. The topological polar surface area (TPSA) is 80.4 Å². The van der Waals surface area contributed by atoms with E-state index in [9.17, 15) is 24.4 Å². The summed E-state index contributed by atoms with van der Waals surface area (Å²) in [5.41, 5.74) is -1.48. The molecule has 0 amide bonds. The minimum absolute atomic E-state index is 0.564. The van der Waals surface area contributed by atoms with Crippen LogP contribution in [0.2, 0.25) is 0 Å². The number of phenolic OH excluding ortho intramolecular Hbond substituents is 1. The Balaban J connectivity index is 3.43. The molecule has 0 saturated carbocycles. The van der Waals surface area contributed by atoms with Crippen LogP contribution in [0.4, 0.5) is 10.1 Å². The SMILES string of the molecule is O=C(CCl)c1c(F)ccc([N+](=O)[O-])c1O. The Morgan fingerprint density at radius 2 is 2.20 bits per heavy atom. The lowest BCUT2D eigenvalue weighted by atomic mass is 10.1. The number of halogens is 2. The maximum atomic E-state index is 13.1. The Morgan fingerprint density at radius 1 is 1.60 bits per heavy atom. The first kappa shape index (κ1) is 11.4. The third-order valence-electron chi connectivity index (χ3n) is 1.70. The number of rotatable bonds is 3. The van der Waals surface area contributed by atoms with E-state index in [0.29, 0.717) is 0 Å². The number of phenols is 1.